The summed E-state index contributed by atoms with van der Waals surface area (Å²) in [4.78, 5) is 36.3. The molecule has 0 aliphatic carbocycles. The second-order valence-corrected chi connectivity index (χ2v) is 8.13. The second-order valence-electron chi connectivity index (χ2n) is 8.13. The van der Waals surface area contributed by atoms with Crippen LogP contribution in [0, 0.1) is 0 Å². The average molecular weight is 481 g/mol. The van der Waals surface area contributed by atoms with Crippen LogP contribution in [0.15, 0.2) is 0 Å². The third-order valence-corrected chi connectivity index (χ3v) is 5.72. The van der Waals surface area contributed by atoms with Crippen molar-refractivity contribution >= 4 is 17.8 Å². The topological polar surface area (TPSA) is 253 Å². The van der Waals surface area contributed by atoms with Gasteiger partial charge < -0.3 is 56.3 Å². The number of hydrogen-bond donors (Lipinski definition) is 9. The maximum absolute atomic E-state index is 12.1. The number of rotatable bonds is 8. The van der Waals surface area contributed by atoms with Crippen LogP contribution in [0.25, 0.3) is 0 Å². The lowest BCUT2D eigenvalue weighted by molar-refractivity contribution is -0.310. The molecule has 2 saturated heterocycles. The molecule has 15 nitrogen and oxygen atoms in total. The van der Waals surface area contributed by atoms with Gasteiger partial charge in [0, 0.05) is 6.92 Å². The van der Waals surface area contributed by atoms with Crippen LogP contribution in [0.1, 0.15) is 20.3 Å². The molecule has 2 aliphatic rings. The molecular formula is C18H31N3O12. The van der Waals surface area contributed by atoms with Crippen molar-refractivity contribution in [1.29, 1.82) is 0 Å². The maximum atomic E-state index is 12.1. The van der Waals surface area contributed by atoms with Crippen LogP contribution in [0.3, 0.4) is 0 Å². The van der Waals surface area contributed by atoms with E-state index in [-0.39, 0.29) is 0 Å². The molecule has 0 aromatic rings. The standard InChI is InChI=1S/C18H31N3O12/c1-5-11(25)14(28)15(29)17(32-5)21(7(18(30)31)3-9(19)24)16-10(20-6(2)23)13(27)12(26)8(4-22)33-16/h5,7-8,10-17,22,25-29H,3-4H2,1-2H3,(H2,19,24)(H,20,23)(H,30,31). The summed E-state index contributed by atoms with van der Waals surface area (Å²) in [6, 6.07) is -3.41. The van der Waals surface area contributed by atoms with Gasteiger partial charge in [-0.1, -0.05) is 0 Å². The Bertz CT molecular complexity index is 726. The molecule has 190 valence electrons. The van der Waals surface area contributed by atoms with Crippen LogP contribution in [-0.2, 0) is 23.9 Å². The lowest BCUT2D eigenvalue weighted by Gasteiger charge is -2.52. The quantitative estimate of drug-likeness (QED) is 0.157. The smallest absolute Gasteiger partial charge is 0.321 e. The first-order valence-corrected chi connectivity index (χ1v) is 10.2. The van der Waals surface area contributed by atoms with Gasteiger partial charge in [0.25, 0.3) is 0 Å². The van der Waals surface area contributed by atoms with E-state index >= 15 is 0 Å². The first-order chi connectivity index (χ1) is 15.3. The van der Waals surface area contributed by atoms with Gasteiger partial charge in [0.15, 0.2) is 0 Å². The van der Waals surface area contributed by atoms with Crippen molar-refractivity contribution in [2.45, 2.75) is 87.5 Å². The molecule has 0 aromatic carbocycles. The van der Waals surface area contributed by atoms with Gasteiger partial charge >= 0.3 is 5.97 Å². The molecule has 0 bridgehead atoms. The van der Waals surface area contributed by atoms with Gasteiger partial charge in [0.2, 0.25) is 11.8 Å². The first kappa shape index (κ1) is 27.3. The Morgan fingerprint density at radius 2 is 1.58 bits per heavy atom. The third-order valence-electron chi connectivity index (χ3n) is 5.72. The Balaban J connectivity index is 2.63. The Morgan fingerprint density at radius 1 is 0.970 bits per heavy atom. The van der Waals surface area contributed by atoms with Gasteiger partial charge in [0.05, 0.1) is 25.2 Å². The van der Waals surface area contributed by atoms with Crippen LogP contribution in [0.4, 0.5) is 0 Å². The minimum absolute atomic E-state index is 0.710. The molecule has 0 radical (unpaired) electrons. The largest absolute Gasteiger partial charge is 0.480 e. The second kappa shape index (κ2) is 11.0. The number of hydrogen-bond acceptors (Lipinski definition) is 12. The number of carboxylic acids is 1. The summed E-state index contributed by atoms with van der Waals surface area (Å²) >= 11 is 0. The SMILES string of the molecule is CC(=O)NC1C(O)C(O)C(CO)OC1N(C(CC(N)=O)C(=O)O)C1OC(C)C(O)C(O)C1O. The molecule has 2 heterocycles. The minimum Gasteiger partial charge on any atom is -0.480 e. The van der Waals surface area contributed by atoms with Crippen molar-refractivity contribution in [3.63, 3.8) is 0 Å². The average Bonchev–Trinajstić information content (AvgIpc) is 2.73. The van der Waals surface area contributed by atoms with Crippen molar-refractivity contribution in [3.8, 4) is 0 Å². The number of primary amides is 1. The highest BCUT2D eigenvalue weighted by Crippen LogP contribution is 2.32. The van der Waals surface area contributed by atoms with Crippen LogP contribution >= 0.6 is 0 Å². The number of amides is 2. The summed E-state index contributed by atoms with van der Waals surface area (Å²) in [6.07, 6.45) is -15.7. The molecule has 2 aliphatic heterocycles. The molecule has 0 spiro atoms. The number of aliphatic hydroxyl groups excluding tert-OH is 6. The van der Waals surface area contributed by atoms with Crippen molar-refractivity contribution < 1.29 is 59.6 Å². The van der Waals surface area contributed by atoms with Gasteiger partial charge in [-0.25, -0.2) is 4.90 Å². The highest BCUT2D eigenvalue weighted by Gasteiger charge is 2.55. The fourth-order valence-corrected chi connectivity index (χ4v) is 4.03. The zero-order valence-corrected chi connectivity index (χ0v) is 18.0. The molecule has 2 amide bonds. The van der Waals surface area contributed by atoms with Gasteiger partial charge in [-0.2, -0.15) is 0 Å². The lowest BCUT2D eigenvalue weighted by atomic mass is 9.92. The van der Waals surface area contributed by atoms with E-state index in [9.17, 15) is 50.1 Å². The zero-order chi connectivity index (χ0) is 25.2. The van der Waals surface area contributed by atoms with E-state index in [1.54, 1.807) is 0 Å². The van der Waals surface area contributed by atoms with Crippen molar-refractivity contribution in [1.82, 2.24) is 10.2 Å². The Hall–Kier alpha value is -1.95. The fourth-order valence-electron chi connectivity index (χ4n) is 4.03. The number of nitrogens with two attached hydrogens (primary N) is 1. The third kappa shape index (κ3) is 5.76. The normalized spacial score (nSPS) is 40.3. The highest BCUT2D eigenvalue weighted by molar-refractivity contribution is 5.83. The first-order valence-electron chi connectivity index (χ1n) is 10.2. The molecule has 0 saturated carbocycles. The van der Waals surface area contributed by atoms with Crippen LogP contribution in [0.2, 0.25) is 0 Å². The number of nitrogens with one attached hydrogen (secondary N) is 1. The zero-order valence-electron chi connectivity index (χ0n) is 18.0. The van der Waals surface area contributed by atoms with Crippen LogP contribution < -0.4 is 11.1 Å². The Morgan fingerprint density at radius 3 is 2.06 bits per heavy atom. The van der Waals surface area contributed by atoms with Crippen molar-refractivity contribution in [2.24, 2.45) is 5.73 Å². The van der Waals surface area contributed by atoms with Crippen molar-refractivity contribution in [3.05, 3.63) is 0 Å². The van der Waals surface area contributed by atoms with Gasteiger partial charge in [-0.3, -0.25) is 14.4 Å². The minimum atomic E-state index is -1.94. The summed E-state index contributed by atoms with van der Waals surface area (Å²) in [5.74, 6) is -3.42. The molecule has 2 fully saturated rings. The fraction of sp³-hybridized carbons (Fsp3) is 0.833. The number of ether oxygens (including phenoxy) is 2. The van der Waals surface area contributed by atoms with Gasteiger partial charge in [-0.15, -0.1) is 0 Å². The number of carbonyl (C=O) groups is 3. The molecular weight excluding hydrogens is 450 g/mol. The molecule has 2 rings (SSSR count). The van der Waals surface area contributed by atoms with E-state index in [0.717, 1.165) is 11.8 Å². The van der Waals surface area contributed by atoms with E-state index in [2.05, 4.69) is 5.32 Å². The van der Waals surface area contributed by atoms with E-state index in [0.29, 0.717) is 0 Å². The lowest BCUT2D eigenvalue weighted by Crippen LogP contribution is -2.74. The van der Waals surface area contributed by atoms with E-state index in [1.165, 1.54) is 6.92 Å². The molecule has 15 heteroatoms. The number of carboxylic acid groups (broad SMARTS) is 1. The van der Waals surface area contributed by atoms with Gasteiger partial charge in [0.1, 0.15) is 55.1 Å². The summed E-state index contributed by atoms with van der Waals surface area (Å²) < 4.78 is 11.2. The van der Waals surface area contributed by atoms with Gasteiger partial charge in [-0.05, 0) is 6.92 Å². The molecule has 33 heavy (non-hydrogen) atoms. The Labute approximate surface area is 188 Å². The molecule has 11 unspecified atom stereocenters. The highest BCUT2D eigenvalue weighted by atomic mass is 16.6. The number of aliphatic hydroxyl groups is 6. The summed E-state index contributed by atoms with van der Waals surface area (Å²) in [5, 5.41) is 73.4. The number of aliphatic carboxylic acids is 1. The number of carbonyl (C=O) groups excluding carboxylic acids is 2. The molecule has 11 atom stereocenters. The maximum Gasteiger partial charge on any atom is 0.321 e. The molecule has 0 aromatic heterocycles. The number of nitrogens with zero attached hydrogens (tertiary/aromatic N) is 1. The predicted octanol–water partition coefficient (Wildman–Crippen LogP) is -5.61. The van der Waals surface area contributed by atoms with Crippen molar-refractivity contribution in [2.75, 3.05) is 6.61 Å². The van der Waals surface area contributed by atoms with Crippen LogP contribution in [0.5, 0.6) is 0 Å². The Kier molecular flexibility index (Phi) is 9.09. The summed E-state index contributed by atoms with van der Waals surface area (Å²) in [5.41, 5.74) is 5.20. The predicted molar refractivity (Wildman–Crippen MR) is 105 cm³/mol. The van der Waals surface area contributed by atoms with E-state index in [4.69, 9.17) is 15.2 Å². The van der Waals surface area contributed by atoms with Crippen LogP contribution in [-0.4, -0.2) is 132 Å². The molecule has 10 N–H and O–H groups in total. The van der Waals surface area contributed by atoms with E-state index in [1.807, 2.05) is 0 Å². The monoisotopic (exact) mass is 481 g/mol. The van der Waals surface area contributed by atoms with E-state index < -0.39 is 98.1 Å². The summed E-state index contributed by atoms with van der Waals surface area (Å²) in [6.45, 7) is 1.58. The summed E-state index contributed by atoms with van der Waals surface area (Å²) in [7, 11) is 0.